The molecule has 0 amide bonds. The lowest BCUT2D eigenvalue weighted by atomic mass is 9.97. The van der Waals surface area contributed by atoms with Gasteiger partial charge in [-0.3, -0.25) is 4.99 Å². The van der Waals surface area contributed by atoms with Gasteiger partial charge in [-0.2, -0.15) is 0 Å². The van der Waals surface area contributed by atoms with E-state index in [1.807, 2.05) is 6.07 Å². The zero-order valence-electron chi connectivity index (χ0n) is 13.3. The quantitative estimate of drug-likeness (QED) is 0.447. The van der Waals surface area contributed by atoms with Crippen LogP contribution >= 0.6 is 24.0 Å². The summed E-state index contributed by atoms with van der Waals surface area (Å²) in [6.45, 7) is 3.85. The molecule has 0 atom stereocenters. The lowest BCUT2D eigenvalue weighted by molar-refractivity contribution is 0.220. The number of benzene rings is 1. The van der Waals surface area contributed by atoms with Gasteiger partial charge in [-0.05, 0) is 56.6 Å². The molecule has 1 saturated heterocycles. The summed E-state index contributed by atoms with van der Waals surface area (Å²) in [5.41, 5.74) is 0.914. The summed E-state index contributed by atoms with van der Waals surface area (Å²) in [6, 6.07) is 6.62. The summed E-state index contributed by atoms with van der Waals surface area (Å²) in [5, 5.41) is 6.59. The Morgan fingerprint density at radius 1 is 1.32 bits per heavy atom. The number of likely N-dealkylation sites (tertiary alicyclic amines) is 1. The molecular weight excluding hydrogens is 394 g/mol. The fraction of sp³-hybridized carbons (Fsp3) is 0.562. The van der Waals surface area contributed by atoms with Crippen LogP contribution in [0.5, 0.6) is 0 Å². The Morgan fingerprint density at radius 3 is 2.68 bits per heavy atom. The van der Waals surface area contributed by atoms with Gasteiger partial charge in [0.2, 0.25) is 0 Å². The molecule has 1 heterocycles. The third kappa shape index (κ3) is 6.48. The summed E-state index contributed by atoms with van der Waals surface area (Å²) in [6.07, 6.45) is 2.45. The van der Waals surface area contributed by atoms with Gasteiger partial charge in [0.15, 0.2) is 5.96 Å². The maximum Gasteiger partial charge on any atom is 0.191 e. The van der Waals surface area contributed by atoms with Crippen LogP contribution in [0.15, 0.2) is 29.3 Å². The van der Waals surface area contributed by atoms with Crippen LogP contribution < -0.4 is 10.6 Å². The molecule has 0 unspecified atom stereocenters. The molecule has 1 fully saturated rings. The topological polar surface area (TPSA) is 39.7 Å². The Bertz CT molecular complexity index is 473. The van der Waals surface area contributed by atoms with Gasteiger partial charge in [-0.1, -0.05) is 12.1 Å². The minimum Gasteiger partial charge on any atom is -0.356 e. The van der Waals surface area contributed by atoms with Gasteiger partial charge in [0, 0.05) is 20.1 Å². The predicted molar refractivity (Wildman–Crippen MR) is 100 cm³/mol. The van der Waals surface area contributed by atoms with Crippen molar-refractivity contribution < 1.29 is 4.39 Å². The van der Waals surface area contributed by atoms with Crippen molar-refractivity contribution in [3.05, 3.63) is 35.6 Å². The van der Waals surface area contributed by atoms with Gasteiger partial charge in [0.05, 0.1) is 0 Å². The van der Waals surface area contributed by atoms with Crippen LogP contribution in [0.4, 0.5) is 4.39 Å². The van der Waals surface area contributed by atoms with Gasteiger partial charge in [-0.15, -0.1) is 24.0 Å². The van der Waals surface area contributed by atoms with Crippen molar-refractivity contribution in [3.8, 4) is 0 Å². The Morgan fingerprint density at radius 2 is 2.05 bits per heavy atom. The van der Waals surface area contributed by atoms with E-state index < -0.39 is 0 Å². The Balaban J connectivity index is 0.00000242. The number of nitrogens with zero attached hydrogens (tertiary/aromatic N) is 2. The first-order valence-corrected chi connectivity index (χ1v) is 7.55. The minimum absolute atomic E-state index is 0. The molecule has 0 aliphatic carbocycles. The van der Waals surface area contributed by atoms with E-state index in [4.69, 9.17) is 0 Å². The fourth-order valence-corrected chi connectivity index (χ4v) is 2.56. The molecule has 1 aromatic carbocycles. The van der Waals surface area contributed by atoms with Crippen molar-refractivity contribution in [1.82, 2.24) is 15.5 Å². The zero-order chi connectivity index (χ0) is 15.1. The second-order valence-corrected chi connectivity index (χ2v) is 5.68. The Hall–Kier alpha value is -0.890. The van der Waals surface area contributed by atoms with E-state index in [9.17, 15) is 4.39 Å². The second-order valence-electron chi connectivity index (χ2n) is 5.68. The summed E-state index contributed by atoms with van der Waals surface area (Å²) in [4.78, 5) is 6.58. The molecule has 4 nitrogen and oxygen atoms in total. The first-order chi connectivity index (χ1) is 10.2. The molecule has 0 aromatic heterocycles. The number of aliphatic imine (C=N–C) groups is 1. The summed E-state index contributed by atoms with van der Waals surface area (Å²) < 4.78 is 13.1. The highest BCUT2D eigenvalue weighted by molar-refractivity contribution is 14.0. The van der Waals surface area contributed by atoms with Gasteiger partial charge in [-0.25, -0.2) is 4.39 Å². The Kier molecular flexibility index (Phi) is 8.70. The van der Waals surface area contributed by atoms with Crippen molar-refractivity contribution in [2.75, 3.05) is 33.7 Å². The highest BCUT2D eigenvalue weighted by atomic mass is 127. The minimum atomic E-state index is -0.205. The molecule has 1 aromatic rings. The van der Waals surface area contributed by atoms with E-state index in [2.05, 4.69) is 27.6 Å². The maximum absolute atomic E-state index is 13.1. The van der Waals surface area contributed by atoms with Crippen molar-refractivity contribution in [2.24, 2.45) is 10.9 Å². The average molecular weight is 420 g/mol. The predicted octanol–water partition coefficient (Wildman–Crippen LogP) is 2.45. The van der Waals surface area contributed by atoms with Crippen molar-refractivity contribution in [3.63, 3.8) is 0 Å². The third-order valence-electron chi connectivity index (χ3n) is 3.97. The summed E-state index contributed by atoms with van der Waals surface area (Å²) >= 11 is 0. The summed E-state index contributed by atoms with van der Waals surface area (Å²) in [7, 11) is 3.93. The molecular formula is C16H26FIN4. The third-order valence-corrected chi connectivity index (χ3v) is 3.97. The molecule has 0 saturated carbocycles. The fourth-order valence-electron chi connectivity index (χ4n) is 2.56. The maximum atomic E-state index is 13.1. The van der Waals surface area contributed by atoms with Crippen LogP contribution in [0.3, 0.4) is 0 Å². The number of nitrogens with one attached hydrogen (secondary N) is 2. The van der Waals surface area contributed by atoms with Crippen LogP contribution in [0.1, 0.15) is 18.4 Å². The van der Waals surface area contributed by atoms with E-state index in [1.54, 1.807) is 13.1 Å². The van der Waals surface area contributed by atoms with Gasteiger partial charge >= 0.3 is 0 Å². The summed E-state index contributed by atoms with van der Waals surface area (Å²) in [5.74, 6) is 1.27. The number of hydrogen-bond acceptors (Lipinski definition) is 2. The first-order valence-electron chi connectivity index (χ1n) is 7.55. The molecule has 22 heavy (non-hydrogen) atoms. The highest BCUT2D eigenvalue weighted by Gasteiger charge is 2.16. The monoisotopic (exact) mass is 420 g/mol. The largest absolute Gasteiger partial charge is 0.356 e. The SMILES string of the molecule is CN=C(NCc1cccc(F)c1)NCC1CCN(C)CC1.I. The number of rotatable bonds is 4. The molecule has 0 bridgehead atoms. The zero-order valence-corrected chi connectivity index (χ0v) is 15.6. The van der Waals surface area contributed by atoms with Crippen LogP contribution in [0, 0.1) is 11.7 Å². The Labute approximate surface area is 149 Å². The standard InChI is InChI=1S/C16H25FN4.HI/c1-18-16(19-11-13-6-8-21(2)9-7-13)20-12-14-4-3-5-15(17)10-14;/h3-5,10,13H,6-9,11-12H2,1-2H3,(H2,18,19,20);1H. The lowest BCUT2D eigenvalue weighted by Gasteiger charge is -2.29. The van der Waals surface area contributed by atoms with E-state index in [0.29, 0.717) is 12.5 Å². The highest BCUT2D eigenvalue weighted by Crippen LogP contribution is 2.14. The van der Waals surface area contributed by atoms with E-state index in [1.165, 1.54) is 38.1 Å². The second kappa shape index (κ2) is 9.99. The van der Waals surface area contributed by atoms with Crippen LogP contribution in [0.25, 0.3) is 0 Å². The van der Waals surface area contributed by atoms with E-state index in [-0.39, 0.29) is 29.8 Å². The number of guanidine groups is 1. The number of piperidine rings is 1. The molecule has 1 aliphatic heterocycles. The average Bonchev–Trinajstić information content (AvgIpc) is 2.49. The van der Waals surface area contributed by atoms with Gasteiger partial charge in [0.25, 0.3) is 0 Å². The lowest BCUT2D eigenvalue weighted by Crippen LogP contribution is -2.42. The van der Waals surface area contributed by atoms with E-state index >= 15 is 0 Å². The normalized spacial score (nSPS) is 17.0. The number of hydrogen-bond donors (Lipinski definition) is 2. The van der Waals surface area contributed by atoms with Crippen molar-refractivity contribution in [1.29, 1.82) is 0 Å². The van der Waals surface area contributed by atoms with Crippen LogP contribution in [-0.2, 0) is 6.54 Å². The first kappa shape index (κ1) is 19.2. The molecule has 2 N–H and O–H groups in total. The van der Waals surface area contributed by atoms with Crippen molar-refractivity contribution >= 4 is 29.9 Å². The molecule has 0 radical (unpaired) electrons. The van der Waals surface area contributed by atoms with Gasteiger partial charge in [0.1, 0.15) is 5.82 Å². The van der Waals surface area contributed by atoms with E-state index in [0.717, 1.165) is 18.1 Å². The molecule has 0 spiro atoms. The molecule has 1 aliphatic rings. The molecule has 124 valence electrons. The van der Waals surface area contributed by atoms with Crippen LogP contribution in [-0.4, -0.2) is 44.6 Å². The van der Waals surface area contributed by atoms with Gasteiger partial charge < -0.3 is 15.5 Å². The van der Waals surface area contributed by atoms with Crippen LogP contribution in [0.2, 0.25) is 0 Å². The van der Waals surface area contributed by atoms with Crippen molar-refractivity contribution in [2.45, 2.75) is 19.4 Å². The molecule has 6 heteroatoms. The number of halogens is 2. The molecule has 2 rings (SSSR count). The smallest absolute Gasteiger partial charge is 0.191 e.